The first kappa shape index (κ1) is 19.8. The van der Waals surface area contributed by atoms with Gasteiger partial charge in [-0.25, -0.2) is 0 Å². The summed E-state index contributed by atoms with van der Waals surface area (Å²) in [7, 11) is 0. The predicted octanol–water partition coefficient (Wildman–Crippen LogP) is -0.0836. The predicted molar refractivity (Wildman–Crippen MR) is 82.9 cm³/mol. The van der Waals surface area contributed by atoms with Crippen molar-refractivity contribution in [3.63, 3.8) is 0 Å². The van der Waals surface area contributed by atoms with E-state index in [1.54, 1.807) is 13.8 Å². The Bertz CT molecular complexity index is 431. The number of nitrogens with one attached hydrogen (secondary N) is 3. The summed E-state index contributed by atoms with van der Waals surface area (Å²) in [6.45, 7) is 6.31. The summed E-state index contributed by atoms with van der Waals surface area (Å²) in [5.74, 6) is -1.05. The first-order chi connectivity index (χ1) is 10.4. The van der Waals surface area contributed by atoms with Crippen molar-refractivity contribution >= 4 is 23.5 Å². The average Bonchev–Trinajstić information content (AvgIpc) is 2.44. The highest BCUT2D eigenvalue weighted by Crippen LogP contribution is 1.94. The third-order valence-corrected chi connectivity index (χ3v) is 2.67. The second kappa shape index (κ2) is 11.5. The fourth-order valence-electron chi connectivity index (χ4n) is 1.40. The Kier molecular flexibility index (Phi) is 10.3. The van der Waals surface area contributed by atoms with E-state index < -0.39 is 5.91 Å². The van der Waals surface area contributed by atoms with Crippen molar-refractivity contribution in [3.8, 4) is 0 Å². The van der Waals surface area contributed by atoms with E-state index in [9.17, 15) is 19.2 Å². The van der Waals surface area contributed by atoms with E-state index >= 15 is 0 Å². The lowest BCUT2D eigenvalue weighted by Gasteiger charge is -2.06. The zero-order valence-electron chi connectivity index (χ0n) is 13.4. The normalized spacial score (nSPS) is 10.5. The summed E-state index contributed by atoms with van der Waals surface area (Å²) in [6.07, 6.45) is 2.74. The van der Waals surface area contributed by atoms with Gasteiger partial charge in [0, 0.05) is 44.5 Å². The Balaban J connectivity index is 3.77. The van der Waals surface area contributed by atoms with Crippen LogP contribution < -0.4 is 16.0 Å². The first-order valence-electron chi connectivity index (χ1n) is 7.40. The van der Waals surface area contributed by atoms with Gasteiger partial charge >= 0.3 is 0 Å². The summed E-state index contributed by atoms with van der Waals surface area (Å²) in [5, 5.41) is 7.72. The Morgan fingerprint density at radius 2 is 1.41 bits per heavy atom. The number of hydrogen-bond acceptors (Lipinski definition) is 4. The van der Waals surface area contributed by atoms with Gasteiger partial charge in [-0.3, -0.25) is 19.2 Å². The molecule has 0 aliphatic carbocycles. The second-order valence-electron chi connectivity index (χ2n) is 4.98. The number of amides is 3. The Morgan fingerprint density at radius 1 is 0.864 bits per heavy atom. The standard InChI is InChI=1S/C15H25N3O4/c1-4-16-14(21)7-9-18-15(22)8-10-17-13(20)6-5-12(19)11(2)3/h5-6,11H,4,7-10H2,1-3H3,(H,16,21)(H,17,20)(H,18,22)/b6-5-. The minimum Gasteiger partial charge on any atom is -0.356 e. The van der Waals surface area contributed by atoms with E-state index in [2.05, 4.69) is 16.0 Å². The van der Waals surface area contributed by atoms with Crippen LogP contribution >= 0.6 is 0 Å². The molecule has 0 aliphatic rings. The molecular weight excluding hydrogens is 286 g/mol. The maximum Gasteiger partial charge on any atom is 0.244 e. The first-order valence-corrected chi connectivity index (χ1v) is 7.40. The average molecular weight is 311 g/mol. The van der Waals surface area contributed by atoms with Crippen LogP contribution in [0.2, 0.25) is 0 Å². The van der Waals surface area contributed by atoms with Crippen molar-refractivity contribution in [2.75, 3.05) is 19.6 Å². The van der Waals surface area contributed by atoms with Crippen molar-refractivity contribution in [2.45, 2.75) is 33.6 Å². The van der Waals surface area contributed by atoms with E-state index in [4.69, 9.17) is 0 Å². The number of rotatable bonds is 10. The molecule has 0 bridgehead atoms. The van der Waals surface area contributed by atoms with Crippen LogP contribution in [0.15, 0.2) is 12.2 Å². The molecule has 124 valence electrons. The summed E-state index contributed by atoms with van der Waals surface area (Å²) in [6, 6.07) is 0. The zero-order valence-corrected chi connectivity index (χ0v) is 13.4. The van der Waals surface area contributed by atoms with Crippen molar-refractivity contribution in [3.05, 3.63) is 12.2 Å². The van der Waals surface area contributed by atoms with E-state index in [0.717, 1.165) is 6.08 Å². The number of carbonyl (C=O) groups is 4. The van der Waals surface area contributed by atoms with Crippen LogP contribution in [0.25, 0.3) is 0 Å². The van der Waals surface area contributed by atoms with Crippen LogP contribution in [0.1, 0.15) is 33.6 Å². The zero-order chi connectivity index (χ0) is 17.0. The van der Waals surface area contributed by atoms with Crippen LogP contribution in [-0.2, 0) is 19.2 Å². The minimum atomic E-state index is -0.413. The van der Waals surface area contributed by atoms with Gasteiger partial charge < -0.3 is 16.0 Å². The monoisotopic (exact) mass is 311 g/mol. The highest BCUT2D eigenvalue weighted by Gasteiger charge is 2.05. The quantitative estimate of drug-likeness (QED) is 0.491. The van der Waals surface area contributed by atoms with Gasteiger partial charge in [0.2, 0.25) is 17.7 Å². The van der Waals surface area contributed by atoms with E-state index in [1.165, 1.54) is 6.08 Å². The molecule has 0 radical (unpaired) electrons. The Morgan fingerprint density at radius 3 is 1.95 bits per heavy atom. The topological polar surface area (TPSA) is 104 Å². The van der Waals surface area contributed by atoms with E-state index in [-0.39, 0.29) is 49.4 Å². The number of hydrogen-bond donors (Lipinski definition) is 3. The summed E-state index contributed by atoms with van der Waals surface area (Å²) < 4.78 is 0. The van der Waals surface area contributed by atoms with Gasteiger partial charge in [0.1, 0.15) is 0 Å². The summed E-state index contributed by atoms with van der Waals surface area (Å²) in [4.78, 5) is 45.3. The molecule has 3 amide bonds. The van der Waals surface area contributed by atoms with Crippen LogP contribution in [0.3, 0.4) is 0 Å². The fraction of sp³-hybridized carbons (Fsp3) is 0.600. The molecule has 0 heterocycles. The molecule has 0 spiro atoms. The van der Waals surface area contributed by atoms with Crippen molar-refractivity contribution in [2.24, 2.45) is 5.92 Å². The van der Waals surface area contributed by atoms with Crippen LogP contribution in [-0.4, -0.2) is 43.1 Å². The van der Waals surface area contributed by atoms with Crippen LogP contribution in [0.5, 0.6) is 0 Å². The van der Waals surface area contributed by atoms with E-state index in [0.29, 0.717) is 6.54 Å². The van der Waals surface area contributed by atoms with Crippen molar-refractivity contribution in [1.29, 1.82) is 0 Å². The summed E-state index contributed by atoms with van der Waals surface area (Å²) >= 11 is 0. The smallest absolute Gasteiger partial charge is 0.244 e. The molecule has 0 fully saturated rings. The molecule has 0 rings (SSSR count). The fourth-order valence-corrected chi connectivity index (χ4v) is 1.40. The molecular formula is C15H25N3O4. The molecule has 7 nitrogen and oxygen atoms in total. The number of ketones is 1. The highest BCUT2D eigenvalue weighted by atomic mass is 16.2. The lowest BCUT2D eigenvalue weighted by atomic mass is 10.1. The van der Waals surface area contributed by atoms with Gasteiger partial charge in [0.25, 0.3) is 0 Å². The molecule has 0 saturated carbocycles. The third-order valence-electron chi connectivity index (χ3n) is 2.67. The Labute approximate surface area is 130 Å². The van der Waals surface area contributed by atoms with Crippen LogP contribution in [0.4, 0.5) is 0 Å². The maximum atomic E-state index is 11.5. The third kappa shape index (κ3) is 10.6. The molecule has 0 aliphatic heterocycles. The van der Waals surface area contributed by atoms with Gasteiger partial charge in [-0.15, -0.1) is 0 Å². The SMILES string of the molecule is CCNC(=O)CCNC(=O)CCNC(=O)/C=C\C(=O)C(C)C. The van der Waals surface area contributed by atoms with Crippen LogP contribution in [0, 0.1) is 5.92 Å². The number of carbonyl (C=O) groups excluding carboxylic acids is 4. The second-order valence-corrected chi connectivity index (χ2v) is 4.98. The molecule has 0 unspecified atom stereocenters. The van der Waals surface area contributed by atoms with Gasteiger partial charge in [-0.2, -0.15) is 0 Å². The van der Waals surface area contributed by atoms with Gasteiger partial charge in [0.15, 0.2) is 5.78 Å². The molecule has 22 heavy (non-hydrogen) atoms. The molecule has 0 aromatic heterocycles. The van der Waals surface area contributed by atoms with E-state index in [1.807, 2.05) is 6.92 Å². The molecule has 0 aromatic carbocycles. The highest BCUT2D eigenvalue weighted by molar-refractivity contribution is 5.98. The molecule has 7 heteroatoms. The number of allylic oxidation sites excluding steroid dienone is 1. The van der Waals surface area contributed by atoms with Crippen molar-refractivity contribution < 1.29 is 19.2 Å². The molecule has 0 aromatic rings. The molecule has 3 N–H and O–H groups in total. The van der Waals surface area contributed by atoms with Crippen molar-refractivity contribution in [1.82, 2.24) is 16.0 Å². The summed E-state index contributed by atoms with van der Waals surface area (Å²) in [5.41, 5.74) is 0. The maximum absolute atomic E-state index is 11.5. The van der Waals surface area contributed by atoms with Gasteiger partial charge in [-0.1, -0.05) is 13.8 Å². The molecule has 0 atom stereocenters. The lowest BCUT2D eigenvalue weighted by molar-refractivity contribution is -0.122. The van der Waals surface area contributed by atoms with Gasteiger partial charge in [-0.05, 0) is 13.0 Å². The van der Waals surface area contributed by atoms with Gasteiger partial charge in [0.05, 0.1) is 0 Å². The minimum absolute atomic E-state index is 0.115. The molecule has 0 saturated heterocycles. The Hall–Kier alpha value is -2.18. The lowest BCUT2D eigenvalue weighted by Crippen LogP contribution is -2.33. The largest absolute Gasteiger partial charge is 0.356 e.